The van der Waals surface area contributed by atoms with Crippen molar-refractivity contribution in [3.63, 3.8) is 0 Å². The summed E-state index contributed by atoms with van der Waals surface area (Å²) in [6.07, 6.45) is 4.77. The molecule has 2 aliphatic heterocycles. The van der Waals surface area contributed by atoms with Gasteiger partial charge in [0, 0.05) is 18.0 Å². The van der Waals surface area contributed by atoms with Crippen LogP contribution in [0.5, 0.6) is 0 Å². The Morgan fingerprint density at radius 1 is 1.20 bits per heavy atom. The standard InChI is InChI=1S/C8H12N2/c9-5-6-3-7-1-2-8(4-6)10-7/h6-8,10H,1-4H2/t7-,8-/m1/s1. The molecule has 0 aromatic rings. The fraction of sp³-hybridized carbons (Fsp3) is 0.875. The highest BCUT2D eigenvalue weighted by Gasteiger charge is 2.33. The maximum atomic E-state index is 8.68. The second-order valence-corrected chi connectivity index (χ2v) is 3.44. The van der Waals surface area contributed by atoms with E-state index in [0.717, 1.165) is 12.8 Å². The molecular weight excluding hydrogens is 124 g/mol. The van der Waals surface area contributed by atoms with E-state index >= 15 is 0 Å². The zero-order chi connectivity index (χ0) is 6.97. The zero-order valence-corrected chi connectivity index (χ0v) is 6.01. The summed E-state index contributed by atoms with van der Waals surface area (Å²) < 4.78 is 0. The van der Waals surface area contributed by atoms with Crippen LogP contribution in [-0.2, 0) is 0 Å². The molecule has 0 spiro atoms. The van der Waals surface area contributed by atoms with Gasteiger partial charge in [-0.1, -0.05) is 0 Å². The number of piperidine rings is 1. The van der Waals surface area contributed by atoms with Gasteiger partial charge in [-0.15, -0.1) is 0 Å². The van der Waals surface area contributed by atoms with Gasteiger partial charge in [0.25, 0.3) is 0 Å². The van der Waals surface area contributed by atoms with E-state index in [4.69, 9.17) is 5.26 Å². The molecule has 2 fully saturated rings. The molecule has 2 aliphatic rings. The molecule has 2 heteroatoms. The monoisotopic (exact) mass is 136 g/mol. The normalized spacial score (nSPS) is 44.9. The first-order valence-electron chi connectivity index (χ1n) is 4.04. The minimum atomic E-state index is 0.346. The van der Waals surface area contributed by atoms with Crippen LogP contribution in [0.1, 0.15) is 25.7 Å². The maximum absolute atomic E-state index is 8.68. The lowest BCUT2D eigenvalue weighted by Gasteiger charge is -2.24. The summed E-state index contributed by atoms with van der Waals surface area (Å²) in [4.78, 5) is 0. The summed E-state index contributed by atoms with van der Waals surface area (Å²) in [6, 6.07) is 3.70. The Bertz CT molecular complexity index is 159. The third-order valence-electron chi connectivity index (χ3n) is 2.66. The molecule has 0 aromatic carbocycles. The van der Waals surface area contributed by atoms with E-state index in [9.17, 15) is 0 Å². The molecule has 2 rings (SSSR count). The molecule has 2 heterocycles. The molecule has 0 unspecified atom stereocenters. The van der Waals surface area contributed by atoms with Crippen molar-refractivity contribution in [2.24, 2.45) is 5.92 Å². The van der Waals surface area contributed by atoms with Crippen molar-refractivity contribution in [1.82, 2.24) is 5.32 Å². The highest BCUT2D eigenvalue weighted by atomic mass is 15.0. The second-order valence-electron chi connectivity index (χ2n) is 3.44. The number of nitrogens with one attached hydrogen (secondary N) is 1. The largest absolute Gasteiger partial charge is 0.311 e. The summed E-state index contributed by atoms with van der Waals surface area (Å²) >= 11 is 0. The second kappa shape index (κ2) is 2.25. The Morgan fingerprint density at radius 2 is 1.80 bits per heavy atom. The Balaban J connectivity index is 2.04. The topological polar surface area (TPSA) is 35.8 Å². The molecule has 2 nitrogen and oxygen atoms in total. The van der Waals surface area contributed by atoms with E-state index in [0.29, 0.717) is 18.0 Å². The first-order chi connectivity index (χ1) is 4.88. The molecule has 0 aromatic heterocycles. The fourth-order valence-corrected chi connectivity index (χ4v) is 2.16. The summed E-state index contributed by atoms with van der Waals surface area (Å²) in [5.74, 6) is 0.346. The average molecular weight is 136 g/mol. The Kier molecular flexibility index (Phi) is 1.39. The predicted octanol–water partition coefficient (Wildman–Crippen LogP) is 1.04. The number of nitrogens with zero attached hydrogens (tertiary/aromatic N) is 1. The van der Waals surface area contributed by atoms with Crippen LogP contribution in [0.2, 0.25) is 0 Å². The van der Waals surface area contributed by atoms with Crippen LogP contribution in [0.3, 0.4) is 0 Å². The smallest absolute Gasteiger partial charge is 0.0657 e. The van der Waals surface area contributed by atoms with E-state index in [1.54, 1.807) is 0 Å². The zero-order valence-electron chi connectivity index (χ0n) is 6.01. The van der Waals surface area contributed by atoms with E-state index in [1.165, 1.54) is 12.8 Å². The molecule has 2 saturated heterocycles. The van der Waals surface area contributed by atoms with E-state index in [1.807, 2.05) is 0 Å². The summed E-state index contributed by atoms with van der Waals surface area (Å²) in [5, 5.41) is 12.2. The van der Waals surface area contributed by atoms with Crippen LogP contribution < -0.4 is 5.32 Å². The van der Waals surface area contributed by atoms with Crippen LogP contribution in [-0.4, -0.2) is 12.1 Å². The lowest BCUT2D eigenvalue weighted by molar-refractivity contribution is 0.350. The Labute approximate surface area is 61.2 Å². The third-order valence-corrected chi connectivity index (χ3v) is 2.66. The van der Waals surface area contributed by atoms with Gasteiger partial charge >= 0.3 is 0 Å². The molecule has 0 aliphatic carbocycles. The summed E-state index contributed by atoms with van der Waals surface area (Å²) in [5.41, 5.74) is 0. The molecule has 10 heavy (non-hydrogen) atoms. The fourth-order valence-electron chi connectivity index (χ4n) is 2.16. The highest BCUT2D eigenvalue weighted by molar-refractivity contribution is 4.98. The van der Waals surface area contributed by atoms with Crippen LogP contribution >= 0.6 is 0 Å². The lowest BCUT2D eigenvalue weighted by Crippen LogP contribution is -2.37. The molecule has 2 bridgehead atoms. The first kappa shape index (κ1) is 6.18. The van der Waals surface area contributed by atoms with Crippen molar-refractivity contribution in [2.75, 3.05) is 0 Å². The molecule has 0 radical (unpaired) electrons. The van der Waals surface area contributed by atoms with Crippen molar-refractivity contribution in [2.45, 2.75) is 37.8 Å². The number of hydrogen-bond donors (Lipinski definition) is 1. The number of fused-ring (bicyclic) bond motifs is 2. The Morgan fingerprint density at radius 3 is 2.30 bits per heavy atom. The van der Waals surface area contributed by atoms with Gasteiger partial charge in [-0.2, -0.15) is 5.26 Å². The molecule has 54 valence electrons. The van der Waals surface area contributed by atoms with Gasteiger partial charge in [0.2, 0.25) is 0 Å². The van der Waals surface area contributed by atoms with Crippen molar-refractivity contribution in [1.29, 1.82) is 5.26 Å². The summed E-state index contributed by atoms with van der Waals surface area (Å²) in [7, 11) is 0. The predicted molar refractivity (Wildman–Crippen MR) is 38.3 cm³/mol. The number of rotatable bonds is 0. The maximum Gasteiger partial charge on any atom is 0.0657 e. The third kappa shape index (κ3) is 0.911. The molecule has 1 N–H and O–H groups in total. The minimum absolute atomic E-state index is 0.346. The average Bonchev–Trinajstić information content (AvgIpc) is 2.30. The van der Waals surface area contributed by atoms with Gasteiger partial charge in [0.1, 0.15) is 0 Å². The van der Waals surface area contributed by atoms with E-state index < -0.39 is 0 Å². The van der Waals surface area contributed by atoms with Gasteiger partial charge in [-0.25, -0.2) is 0 Å². The molecule has 2 atom stereocenters. The van der Waals surface area contributed by atoms with Gasteiger partial charge in [0.15, 0.2) is 0 Å². The SMILES string of the molecule is N#CC1C[C@H]2CC[C@H](C1)N2. The van der Waals surface area contributed by atoms with Crippen LogP contribution in [0.25, 0.3) is 0 Å². The van der Waals surface area contributed by atoms with Crippen molar-refractivity contribution < 1.29 is 0 Å². The number of hydrogen-bond acceptors (Lipinski definition) is 2. The van der Waals surface area contributed by atoms with Gasteiger partial charge in [-0.05, 0) is 25.7 Å². The number of nitriles is 1. The van der Waals surface area contributed by atoms with Gasteiger partial charge in [-0.3, -0.25) is 0 Å². The van der Waals surface area contributed by atoms with Gasteiger partial charge < -0.3 is 5.32 Å². The molecular formula is C8H12N2. The van der Waals surface area contributed by atoms with E-state index in [2.05, 4.69) is 11.4 Å². The minimum Gasteiger partial charge on any atom is -0.311 e. The van der Waals surface area contributed by atoms with E-state index in [-0.39, 0.29) is 0 Å². The highest BCUT2D eigenvalue weighted by Crippen LogP contribution is 2.29. The van der Waals surface area contributed by atoms with Crippen molar-refractivity contribution in [3.05, 3.63) is 0 Å². The van der Waals surface area contributed by atoms with Crippen LogP contribution in [0.15, 0.2) is 0 Å². The van der Waals surface area contributed by atoms with Gasteiger partial charge in [0.05, 0.1) is 6.07 Å². The van der Waals surface area contributed by atoms with Crippen LogP contribution in [0.4, 0.5) is 0 Å². The summed E-state index contributed by atoms with van der Waals surface area (Å²) in [6.45, 7) is 0. The van der Waals surface area contributed by atoms with Crippen molar-refractivity contribution in [3.8, 4) is 6.07 Å². The van der Waals surface area contributed by atoms with Crippen molar-refractivity contribution >= 4 is 0 Å². The first-order valence-corrected chi connectivity index (χ1v) is 4.04. The lowest BCUT2D eigenvalue weighted by atomic mass is 9.94. The molecule has 0 saturated carbocycles. The van der Waals surface area contributed by atoms with Crippen LogP contribution in [0, 0.1) is 17.2 Å². The Hall–Kier alpha value is -0.550. The molecule has 0 amide bonds. The quantitative estimate of drug-likeness (QED) is 0.540.